The Morgan fingerprint density at radius 2 is 2.05 bits per heavy atom. The molecule has 0 aromatic carbocycles. The van der Waals surface area contributed by atoms with Gasteiger partial charge in [0.2, 0.25) is 11.7 Å². The molecule has 2 heterocycles. The summed E-state index contributed by atoms with van der Waals surface area (Å²) in [4.78, 5) is 8.80. The molecular weight excluding hydrogens is 252 g/mol. The zero-order valence-electron chi connectivity index (χ0n) is 12.0. The maximum atomic E-state index is 5.47. The molecule has 2 aromatic heterocycles. The van der Waals surface area contributed by atoms with E-state index in [1.54, 1.807) is 6.20 Å². The van der Waals surface area contributed by atoms with Gasteiger partial charge in [-0.25, -0.2) is 0 Å². The molecule has 2 rings (SSSR count). The number of nitrogens with zero attached hydrogens (tertiary/aromatic N) is 3. The summed E-state index contributed by atoms with van der Waals surface area (Å²) in [6.07, 6.45) is 7.96. The van der Waals surface area contributed by atoms with Crippen LogP contribution in [0.3, 0.4) is 0 Å². The molecule has 0 saturated carbocycles. The fourth-order valence-electron chi connectivity index (χ4n) is 2.15. The molecule has 2 N–H and O–H groups in total. The quantitative estimate of drug-likeness (QED) is 0.749. The van der Waals surface area contributed by atoms with Gasteiger partial charge in [0.25, 0.3) is 0 Å². The summed E-state index contributed by atoms with van der Waals surface area (Å²) in [5.74, 6) is 1.29. The van der Waals surface area contributed by atoms with Crippen LogP contribution < -0.4 is 5.73 Å². The summed E-state index contributed by atoms with van der Waals surface area (Å²) in [6.45, 7) is 2.86. The maximum Gasteiger partial charge on any atom is 0.227 e. The van der Waals surface area contributed by atoms with Gasteiger partial charge in [0.05, 0.1) is 0 Å². The van der Waals surface area contributed by atoms with E-state index in [-0.39, 0.29) is 0 Å². The summed E-state index contributed by atoms with van der Waals surface area (Å²) in [5.41, 5.74) is 7.44. The maximum absolute atomic E-state index is 5.47. The van der Waals surface area contributed by atoms with Crippen LogP contribution >= 0.6 is 0 Å². The highest BCUT2D eigenvalue weighted by Gasteiger charge is 2.12. The number of nitrogens with two attached hydrogens (primary N) is 1. The van der Waals surface area contributed by atoms with Crippen molar-refractivity contribution in [1.82, 2.24) is 15.1 Å². The predicted molar refractivity (Wildman–Crippen MR) is 78.1 cm³/mol. The fraction of sp³-hybridized carbons (Fsp3) is 0.533. The Hall–Kier alpha value is -1.75. The Morgan fingerprint density at radius 3 is 2.85 bits per heavy atom. The summed E-state index contributed by atoms with van der Waals surface area (Å²) in [7, 11) is 0. The average molecular weight is 274 g/mol. The number of hydrogen-bond acceptors (Lipinski definition) is 5. The molecule has 0 radical (unpaired) electrons. The van der Waals surface area contributed by atoms with Crippen LogP contribution in [-0.4, -0.2) is 21.7 Å². The Labute approximate surface area is 119 Å². The van der Waals surface area contributed by atoms with Crippen LogP contribution in [-0.2, 0) is 12.8 Å². The molecule has 0 aliphatic carbocycles. The molecule has 0 unspecified atom stereocenters. The molecule has 5 heteroatoms. The van der Waals surface area contributed by atoms with E-state index in [9.17, 15) is 0 Å². The van der Waals surface area contributed by atoms with Gasteiger partial charge in [0, 0.05) is 12.6 Å². The molecule has 0 amide bonds. The van der Waals surface area contributed by atoms with Gasteiger partial charge in [-0.3, -0.25) is 4.98 Å². The van der Waals surface area contributed by atoms with Gasteiger partial charge in [-0.2, -0.15) is 4.98 Å². The first-order valence-corrected chi connectivity index (χ1v) is 7.32. The SMILES string of the molecule is CCc1cccnc1-c1noc(CCCCCCN)n1. The molecule has 2 aromatic rings. The zero-order chi connectivity index (χ0) is 14.2. The molecular formula is C15H22N4O. The van der Waals surface area contributed by atoms with Crippen LogP contribution in [0.2, 0.25) is 0 Å². The van der Waals surface area contributed by atoms with Gasteiger partial charge >= 0.3 is 0 Å². The van der Waals surface area contributed by atoms with Crippen molar-refractivity contribution >= 4 is 0 Å². The van der Waals surface area contributed by atoms with E-state index in [0.717, 1.165) is 56.3 Å². The molecule has 20 heavy (non-hydrogen) atoms. The minimum Gasteiger partial charge on any atom is -0.339 e. The van der Waals surface area contributed by atoms with E-state index in [1.165, 1.54) is 0 Å². The Bertz CT molecular complexity index is 524. The van der Waals surface area contributed by atoms with Gasteiger partial charge in [-0.15, -0.1) is 0 Å². The van der Waals surface area contributed by atoms with Crippen molar-refractivity contribution in [3.05, 3.63) is 29.8 Å². The standard InChI is InChI=1S/C15H22N4O/c1-2-12-8-7-11-17-14(12)15-18-13(20-19-15)9-5-3-4-6-10-16/h7-8,11H,2-6,9-10,16H2,1H3. The van der Waals surface area contributed by atoms with Gasteiger partial charge in [0.1, 0.15) is 5.69 Å². The van der Waals surface area contributed by atoms with Crippen molar-refractivity contribution in [2.45, 2.75) is 45.4 Å². The molecule has 0 aliphatic heterocycles. The number of rotatable bonds is 8. The monoisotopic (exact) mass is 274 g/mol. The predicted octanol–water partition coefficient (Wildman–Crippen LogP) is 2.76. The third kappa shape index (κ3) is 3.87. The normalized spacial score (nSPS) is 10.9. The summed E-state index contributed by atoms with van der Waals surface area (Å²) < 4.78 is 5.30. The van der Waals surface area contributed by atoms with Crippen LogP contribution in [0.5, 0.6) is 0 Å². The number of hydrogen-bond donors (Lipinski definition) is 1. The zero-order valence-corrected chi connectivity index (χ0v) is 12.0. The fourth-order valence-corrected chi connectivity index (χ4v) is 2.15. The van der Waals surface area contributed by atoms with Crippen LogP contribution in [0.25, 0.3) is 11.5 Å². The Kier molecular flexibility index (Phi) is 5.68. The Morgan fingerprint density at radius 1 is 1.20 bits per heavy atom. The van der Waals surface area contributed by atoms with Gasteiger partial charge in [0.15, 0.2) is 0 Å². The number of unbranched alkanes of at least 4 members (excludes halogenated alkanes) is 3. The lowest BCUT2D eigenvalue weighted by atomic mass is 10.1. The topological polar surface area (TPSA) is 77.8 Å². The molecule has 0 aliphatic rings. The van der Waals surface area contributed by atoms with E-state index < -0.39 is 0 Å². The largest absolute Gasteiger partial charge is 0.339 e. The first kappa shape index (κ1) is 14.7. The van der Waals surface area contributed by atoms with E-state index >= 15 is 0 Å². The number of aromatic nitrogens is 3. The molecule has 0 fully saturated rings. The molecule has 108 valence electrons. The minimum absolute atomic E-state index is 0.597. The lowest BCUT2D eigenvalue weighted by molar-refractivity contribution is 0.374. The van der Waals surface area contributed by atoms with Crippen molar-refractivity contribution in [2.75, 3.05) is 6.54 Å². The van der Waals surface area contributed by atoms with Gasteiger partial charge < -0.3 is 10.3 Å². The highest BCUT2D eigenvalue weighted by Crippen LogP contribution is 2.19. The molecule has 0 bridgehead atoms. The van der Waals surface area contributed by atoms with E-state index in [1.807, 2.05) is 12.1 Å². The van der Waals surface area contributed by atoms with Gasteiger partial charge in [-0.05, 0) is 37.4 Å². The lowest BCUT2D eigenvalue weighted by Crippen LogP contribution is -1.97. The van der Waals surface area contributed by atoms with Gasteiger partial charge in [-0.1, -0.05) is 31.0 Å². The third-order valence-corrected chi connectivity index (χ3v) is 3.30. The van der Waals surface area contributed by atoms with Crippen LogP contribution in [0.4, 0.5) is 0 Å². The van der Waals surface area contributed by atoms with Crippen molar-refractivity contribution < 1.29 is 4.52 Å². The van der Waals surface area contributed by atoms with Crippen LogP contribution in [0.15, 0.2) is 22.9 Å². The molecule has 5 nitrogen and oxygen atoms in total. The lowest BCUT2D eigenvalue weighted by Gasteiger charge is -2.00. The third-order valence-electron chi connectivity index (χ3n) is 3.30. The summed E-state index contributed by atoms with van der Waals surface area (Å²) >= 11 is 0. The van der Waals surface area contributed by atoms with Crippen molar-refractivity contribution in [2.24, 2.45) is 5.73 Å². The van der Waals surface area contributed by atoms with Crippen LogP contribution in [0.1, 0.15) is 44.1 Å². The highest BCUT2D eigenvalue weighted by atomic mass is 16.5. The van der Waals surface area contributed by atoms with Crippen molar-refractivity contribution in [3.8, 4) is 11.5 Å². The first-order chi connectivity index (χ1) is 9.85. The molecule has 0 saturated heterocycles. The van der Waals surface area contributed by atoms with E-state index in [2.05, 4.69) is 22.0 Å². The highest BCUT2D eigenvalue weighted by molar-refractivity contribution is 5.53. The van der Waals surface area contributed by atoms with E-state index in [4.69, 9.17) is 10.3 Å². The Balaban J connectivity index is 1.95. The molecule has 0 spiro atoms. The summed E-state index contributed by atoms with van der Waals surface area (Å²) in [5, 5.41) is 4.04. The van der Waals surface area contributed by atoms with Crippen molar-refractivity contribution in [3.63, 3.8) is 0 Å². The smallest absolute Gasteiger partial charge is 0.227 e. The average Bonchev–Trinajstić information content (AvgIpc) is 2.95. The second-order valence-electron chi connectivity index (χ2n) is 4.83. The molecule has 0 atom stereocenters. The van der Waals surface area contributed by atoms with Crippen LogP contribution in [0, 0.1) is 0 Å². The minimum atomic E-state index is 0.597. The summed E-state index contributed by atoms with van der Waals surface area (Å²) in [6, 6.07) is 3.98. The number of pyridine rings is 1. The second-order valence-corrected chi connectivity index (χ2v) is 4.83. The van der Waals surface area contributed by atoms with E-state index in [0.29, 0.717) is 11.7 Å². The first-order valence-electron chi connectivity index (χ1n) is 7.32. The number of aryl methyl sites for hydroxylation is 2. The van der Waals surface area contributed by atoms with Crippen molar-refractivity contribution in [1.29, 1.82) is 0 Å². The second kappa shape index (κ2) is 7.75.